The van der Waals surface area contributed by atoms with Gasteiger partial charge in [0.1, 0.15) is 5.76 Å². The molecule has 2 aromatic carbocycles. The molecular formula is C20H17Cl2N3O3S. The summed E-state index contributed by atoms with van der Waals surface area (Å²) in [6.07, 6.45) is 4.17. The second-order valence-electron chi connectivity index (χ2n) is 6.66. The highest BCUT2D eigenvalue weighted by Crippen LogP contribution is 2.36. The number of furan rings is 1. The van der Waals surface area contributed by atoms with Crippen molar-refractivity contribution in [2.45, 2.75) is 22.8 Å². The quantitative estimate of drug-likeness (QED) is 0.507. The minimum absolute atomic E-state index is 0. The molecule has 0 radical (unpaired) electrons. The molecule has 1 aliphatic heterocycles. The Balaban J connectivity index is 0.00000205. The number of fused-ring (bicyclic) bond motifs is 3. The van der Waals surface area contributed by atoms with Crippen LogP contribution in [0, 0.1) is 0 Å². The van der Waals surface area contributed by atoms with E-state index in [1.807, 2.05) is 0 Å². The maximum atomic E-state index is 13.3. The molecule has 0 unspecified atom stereocenters. The molecular weight excluding hydrogens is 433 g/mol. The maximum absolute atomic E-state index is 13.3. The molecule has 3 heterocycles. The second kappa shape index (κ2) is 7.50. The molecule has 29 heavy (non-hydrogen) atoms. The Morgan fingerprint density at radius 3 is 2.79 bits per heavy atom. The average Bonchev–Trinajstić information content (AvgIpc) is 3.36. The van der Waals surface area contributed by atoms with E-state index in [4.69, 9.17) is 16.0 Å². The lowest BCUT2D eigenvalue weighted by Gasteiger charge is -2.11. The van der Waals surface area contributed by atoms with Crippen molar-refractivity contribution in [1.82, 2.24) is 15.1 Å². The molecule has 0 spiro atoms. The van der Waals surface area contributed by atoms with Gasteiger partial charge in [0.05, 0.1) is 20.5 Å². The van der Waals surface area contributed by atoms with Crippen LogP contribution in [0.25, 0.3) is 16.7 Å². The van der Waals surface area contributed by atoms with Gasteiger partial charge in [0.15, 0.2) is 5.58 Å². The third-order valence-electron chi connectivity index (χ3n) is 4.94. The smallest absolute Gasteiger partial charge is 0.206 e. The average molecular weight is 450 g/mol. The molecule has 150 valence electrons. The highest BCUT2D eigenvalue weighted by atomic mass is 35.5. The van der Waals surface area contributed by atoms with Crippen LogP contribution in [0.5, 0.6) is 0 Å². The van der Waals surface area contributed by atoms with Crippen LogP contribution < -0.4 is 5.32 Å². The summed E-state index contributed by atoms with van der Waals surface area (Å²) < 4.78 is 34.1. The van der Waals surface area contributed by atoms with Crippen molar-refractivity contribution in [1.29, 1.82) is 0 Å². The van der Waals surface area contributed by atoms with E-state index in [1.54, 1.807) is 53.5 Å². The molecule has 2 aromatic heterocycles. The summed E-state index contributed by atoms with van der Waals surface area (Å²) >= 11 is 6.40. The van der Waals surface area contributed by atoms with Gasteiger partial charge >= 0.3 is 0 Å². The van der Waals surface area contributed by atoms with Crippen LogP contribution in [0.3, 0.4) is 0 Å². The number of halogens is 2. The molecule has 0 aliphatic carbocycles. The topological polar surface area (TPSA) is 77.1 Å². The Morgan fingerprint density at radius 2 is 2.00 bits per heavy atom. The summed E-state index contributed by atoms with van der Waals surface area (Å²) in [6.45, 7) is 1.47. The zero-order valence-electron chi connectivity index (χ0n) is 15.1. The third kappa shape index (κ3) is 3.34. The second-order valence-corrected chi connectivity index (χ2v) is 9.02. The zero-order chi connectivity index (χ0) is 19.3. The van der Waals surface area contributed by atoms with Crippen molar-refractivity contribution >= 4 is 44.8 Å². The van der Waals surface area contributed by atoms with Gasteiger partial charge in [-0.25, -0.2) is 13.1 Å². The standard InChI is InChI=1S/C20H16ClN3O3S.ClH/c21-18-11-15(10-16-17-12-22-7-5-19(17)27-20(16)18)28(25,26)14-4-1-3-13(9-14)24-8-2-6-23-24;/h1-4,6,8-11,22H,5,7,12H2;1H. The molecule has 0 atom stereocenters. The van der Waals surface area contributed by atoms with Gasteiger partial charge in [-0.3, -0.25) is 0 Å². The van der Waals surface area contributed by atoms with Gasteiger partial charge in [0, 0.05) is 42.9 Å². The van der Waals surface area contributed by atoms with E-state index in [0.29, 0.717) is 22.8 Å². The van der Waals surface area contributed by atoms with E-state index in [2.05, 4.69) is 10.4 Å². The summed E-state index contributed by atoms with van der Waals surface area (Å²) in [5.41, 5.74) is 2.19. The van der Waals surface area contributed by atoms with Crippen LogP contribution in [-0.2, 0) is 22.8 Å². The summed E-state index contributed by atoms with van der Waals surface area (Å²) in [7, 11) is -3.76. The van der Waals surface area contributed by atoms with Crippen molar-refractivity contribution in [2.75, 3.05) is 6.54 Å². The number of sulfone groups is 1. The molecule has 6 nitrogen and oxygen atoms in total. The van der Waals surface area contributed by atoms with E-state index in [0.717, 1.165) is 29.7 Å². The molecule has 0 amide bonds. The molecule has 9 heteroatoms. The number of hydrogen-bond donors (Lipinski definition) is 1. The van der Waals surface area contributed by atoms with Gasteiger partial charge in [-0.1, -0.05) is 17.7 Å². The number of nitrogens with zero attached hydrogens (tertiary/aromatic N) is 2. The minimum Gasteiger partial charge on any atom is -0.459 e. The molecule has 1 aliphatic rings. The van der Waals surface area contributed by atoms with Crippen molar-refractivity contribution in [2.24, 2.45) is 0 Å². The summed E-state index contributed by atoms with van der Waals surface area (Å²) in [5, 5.41) is 8.50. The summed E-state index contributed by atoms with van der Waals surface area (Å²) in [5.74, 6) is 0.867. The van der Waals surface area contributed by atoms with E-state index >= 15 is 0 Å². The van der Waals surface area contributed by atoms with Gasteiger partial charge in [0.2, 0.25) is 9.84 Å². The van der Waals surface area contributed by atoms with Crippen molar-refractivity contribution in [3.8, 4) is 5.69 Å². The fourth-order valence-corrected chi connectivity index (χ4v) is 5.22. The zero-order valence-corrected chi connectivity index (χ0v) is 17.5. The van der Waals surface area contributed by atoms with Crippen LogP contribution in [0.2, 0.25) is 5.02 Å². The molecule has 0 fully saturated rings. The van der Waals surface area contributed by atoms with Crippen molar-refractivity contribution in [3.63, 3.8) is 0 Å². The first-order chi connectivity index (χ1) is 13.5. The Hall–Kier alpha value is -2.32. The lowest BCUT2D eigenvalue weighted by molar-refractivity contribution is 0.500. The van der Waals surface area contributed by atoms with Gasteiger partial charge in [-0.15, -0.1) is 12.4 Å². The predicted octanol–water partition coefficient (Wildman–Crippen LogP) is 4.17. The Kier molecular flexibility index (Phi) is 5.16. The summed E-state index contributed by atoms with van der Waals surface area (Å²) in [4.78, 5) is 0.336. The van der Waals surface area contributed by atoms with Gasteiger partial charge in [-0.05, 0) is 36.4 Å². The van der Waals surface area contributed by atoms with Crippen LogP contribution >= 0.6 is 24.0 Å². The highest BCUT2D eigenvalue weighted by Gasteiger charge is 2.24. The molecule has 4 aromatic rings. The molecule has 1 N–H and O–H groups in total. The molecule has 0 saturated heterocycles. The first-order valence-corrected chi connectivity index (χ1v) is 10.7. The van der Waals surface area contributed by atoms with E-state index in [-0.39, 0.29) is 22.2 Å². The van der Waals surface area contributed by atoms with Crippen molar-refractivity contribution in [3.05, 3.63) is 71.2 Å². The van der Waals surface area contributed by atoms with E-state index in [9.17, 15) is 8.42 Å². The van der Waals surface area contributed by atoms with Crippen LogP contribution in [0.1, 0.15) is 11.3 Å². The minimum atomic E-state index is -3.76. The fourth-order valence-electron chi connectivity index (χ4n) is 3.55. The van der Waals surface area contributed by atoms with Crippen LogP contribution in [0.4, 0.5) is 0 Å². The van der Waals surface area contributed by atoms with Gasteiger partial charge < -0.3 is 9.73 Å². The van der Waals surface area contributed by atoms with Crippen molar-refractivity contribution < 1.29 is 12.8 Å². The maximum Gasteiger partial charge on any atom is 0.206 e. The highest BCUT2D eigenvalue weighted by molar-refractivity contribution is 7.91. The van der Waals surface area contributed by atoms with E-state index < -0.39 is 9.84 Å². The number of hydrogen-bond acceptors (Lipinski definition) is 5. The number of benzene rings is 2. The Bertz CT molecular complexity index is 1300. The monoisotopic (exact) mass is 449 g/mol. The molecule has 0 bridgehead atoms. The molecule has 0 saturated carbocycles. The van der Waals surface area contributed by atoms with Crippen LogP contribution in [-0.4, -0.2) is 24.7 Å². The number of aromatic nitrogens is 2. The summed E-state index contributed by atoms with van der Waals surface area (Å²) in [6, 6.07) is 11.6. The Morgan fingerprint density at radius 1 is 1.14 bits per heavy atom. The number of rotatable bonds is 3. The van der Waals surface area contributed by atoms with Crippen LogP contribution in [0.15, 0.2) is 69.1 Å². The fraction of sp³-hybridized carbons (Fsp3) is 0.150. The predicted molar refractivity (Wildman–Crippen MR) is 113 cm³/mol. The third-order valence-corrected chi connectivity index (χ3v) is 6.95. The first kappa shape index (κ1) is 20.0. The number of nitrogens with one attached hydrogen (secondary N) is 1. The lowest BCUT2D eigenvalue weighted by Crippen LogP contribution is -2.22. The Labute approximate surface area is 178 Å². The van der Waals surface area contributed by atoms with Gasteiger partial charge in [-0.2, -0.15) is 5.10 Å². The SMILES string of the molecule is Cl.O=S(=O)(c1cccc(-n2cccn2)c1)c1cc(Cl)c2oc3c(c2c1)CNCC3. The first-order valence-electron chi connectivity index (χ1n) is 8.84. The van der Waals surface area contributed by atoms with E-state index in [1.165, 1.54) is 6.07 Å². The largest absolute Gasteiger partial charge is 0.459 e. The lowest BCUT2D eigenvalue weighted by atomic mass is 10.1. The molecule has 5 rings (SSSR count). The normalized spacial score (nSPS) is 13.8. The van der Waals surface area contributed by atoms with Gasteiger partial charge in [0.25, 0.3) is 0 Å².